The average Bonchev–Trinajstić information content (AvgIpc) is 2.58. The lowest BCUT2D eigenvalue weighted by atomic mass is 10.1. The van der Waals surface area contributed by atoms with Crippen molar-refractivity contribution < 1.29 is 14.3 Å². The van der Waals surface area contributed by atoms with E-state index in [0.717, 1.165) is 6.42 Å². The highest BCUT2D eigenvalue weighted by atomic mass is 35.5. The second kappa shape index (κ2) is 9.42. The quantitative estimate of drug-likeness (QED) is 0.712. The molecule has 2 aromatic rings. The lowest BCUT2D eigenvalue weighted by Gasteiger charge is -2.08. The second-order valence-corrected chi connectivity index (χ2v) is 6.16. The minimum atomic E-state index is -0.332. The second-order valence-electron chi connectivity index (χ2n) is 5.29. The molecule has 0 bridgehead atoms. The summed E-state index contributed by atoms with van der Waals surface area (Å²) < 4.78 is 4.93. The van der Waals surface area contributed by atoms with Gasteiger partial charge >= 0.3 is 0 Å². The fourth-order valence-electron chi connectivity index (χ4n) is 2.11. The topological polar surface area (TPSA) is 67.4 Å². The van der Waals surface area contributed by atoms with Crippen molar-refractivity contribution in [3.63, 3.8) is 0 Å². The molecule has 0 saturated carbocycles. The Hall–Kier alpha value is -2.08. The minimum Gasteiger partial charge on any atom is -0.385 e. The molecule has 2 amide bonds. The van der Waals surface area contributed by atoms with Gasteiger partial charge in [-0.1, -0.05) is 23.2 Å². The van der Waals surface area contributed by atoms with Gasteiger partial charge in [0.15, 0.2) is 0 Å². The number of methoxy groups -OCH3 is 1. The molecule has 0 unspecified atom stereocenters. The van der Waals surface area contributed by atoms with Crippen LogP contribution in [-0.4, -0.2) is 32.1 Å². The molecule has 0 fully saturated rings. The Morgan fingerprint density at radius 3 is 2.20 bits per heavy atom. The number of carbonyl (C=O) groups excluding carboxylic acids is 2. The molecule has 0 heterocycles. The molecule has 132 valence electrons. The van der Waals surface area contributed by atoms with Crippen LogP contribution in [-0.2, 0) is 4.74 Å². The van der Waals surface area contributed by atoms with Gasteiger partial charge in [-0.2, -0.15) is 0 Å². The standard InChI is InChI=1S/C18H18Cl2N2O3/c1-25-8-2-7-21-17(23)12-3-5-16(6-4-12)22-18(24)13-9-14(19)11-15(20)10-13/h3-6,9-11H,2,7-8H2,1H3,(H,21,23)(H,22,24). The van der Waals surface area contributed by atoms with E-state index in [1.165, 1.54) is 12.1 Å². The first-order valence-electron chi connectivity index (χ1n) is 7.64. The third-order valence-electron chi connectivity index (χ3n) is 3.34. The number of halogens is 2. The lowest BCUT2D eigenvalue weighted by molar-refractivity contribution is 0.0948. The molecule has 0 aromatic heterocycles. The Morgan fingerprint density at radius 1 is 0.960 bits per heavy atom. The number of amides is 2. The average molecular weight is 381 g/mol. The van der Waals surface area contributed by atoms with E-state index in [1.807, 2.05) is 0 Å². The maximum absolute atomic E-state index is 12.2. The summed E-state index contributed by atoms with van der Waals surface area (Å²) in [6.07, 6.45) is 0.749. The molecule has 2 rings (SSSR count). The van der Waals surface area contributed by atoms with E-state index in [9.17, 15) is 9.59 Å². The number of nitrogens with one attached hydrogen (secondary N) is 2. The van der Waals surface area contributed by atoms with Crippen LogP contribution in [0.2, 0.25) is 10.0 Å². The number of carbonyl (C=O) groups is 2. The zero-order valence-electron chi connectivity index (χ0n) is 13.6. The maximum Gasteiger partial charge on any atom is 0.255 e. The summed E-state index contributed by atoms with van der Waals surface area (Å²) >= 11 is 11.8. The van der Waals surface area contributed by atoms with Crippen molar-refractivity contribution in [1.29, 1.82) is 0 Å². The Morgan fingerprint density at radius 2 is 1.60 bits per heavy atom. The van der Waals surface area contributed by atoms with Crippen LogP contribution in [0.1, 0.15) is 27.1 Å². The van der Waals surface area contributed by atoms with Crippen LogP contribution >= 0.6 is 23.2 Å². The van der Waals surface area contributed by atoms with Gasteiger partial charge in [-0.15, -0.1) is 0 Å². The van der Waals surface area contributed by atoms with E-state index in [1.54, 1.807) is 37.4 Å². The number of hydrogen-bond donors (Lipinski definition) is 2. The molecule has 0 spiro atoms. The molecule has 25 heavy (non-hydrogen) atoms. The highest BCUT2D eigenvalue weighted by Gasteiger charge is 2.09. The van der Waals surface area contributed by atoms with Gasteiger partial charge in [0.2, 0.25) is 0 Å². The van der Waals surface area contributed by atoms with E-state index in [0.29, 0.717) is 40.0 Å². The number of rotatable bonds is 7. The molecule has 0 aliphatic rings. The van der Waals surface area contributed by atoms with Crippen molar-refractivity contribution in [1.82, 2.24) is 5.32 Å². The Balaban J connectivity index is 1.95. The summed E-state index contributed by atoms with van der Waals surface area (Å²) in [5.41, 5.74) is 1.44. The lowest BCUT2D eigenvalue weighted by Crippen LogP contribution is -2.25. The van der Waals surface area contributed by atoms with E-state index >= 15 is 0 Å². The van der Waals surface area contributed by atoms with Crippen LogP contribution in [0, 0.1) is 0 Å². The zero-order valence-corrected chi connectivity index (χ0v) is 15.2. The fraction of sp³-hybridized carbons (Fsp3) is 0.222. The van der Waals surface area contributed by atoms with Crippen LogP contribution in [0.4, 0.5) is 5.69 Å². The normalized spacial score (nSPS) is 10.4. The molecular weight excluding hydrogens is 363 g/mol. The summed E-state index contributed by atoms with van der Waals surface area (Å²) in [7, 11) is 1.62. The molecule has 7 heteroatoms. The molecule has 0 saturated heterocycles. The Kier molecular flexibility index (Phi) is 7.25. The van der Waals surface area contributed by atoms with Gasteiger partial charge < -0.3 is 15.4 Å². The van der Waals surface area contributed by atoms with E-state index < -0.39 is 0 Å². The fourth-order valence-corrected chi connectivity index (χ4v) is 2.64. The SMILES string of the molecule is COCCCNC(=O)c1ccc(NC(=O)c2cc(Cl)cc(Cl)c2)cc1. The van der Waals surface area contributed by atoms with Crippen LogP contribution in [0.3, 0.4) is 0 Å². The molecule has 2 aromatic carbocycles. The minimum absolute atomic E-state index is 0.171. The Labute approximate surface area is 156 Å². The zero-order chi connectivity index (χ0) is 18.2. The van der Waals surface area contributed by atoms with Gasteiger partial charge in [0.25, 0.3) is 11.8 Å². The summed E-state index contributed by atoms with van der Waals surface area (Å²) in [6, 6.07) is 11.2. The molecule has 0 aliphatic heterocycles. The van der Waals surface area contributed by atoms with Crippen LogP contribution in [0.5, 0.6) is 0 Å². The van der Waals surface area contributed by atoms with Crippen LogP contribution in [0.25, 0.3) is 0 Å². The summed E-state index contributed by atoms with van der Waals surface area (Å²) in [4.78, 5) is 24.2. The van der Waals surface area contributed by atoms with Gasteiger partial charge in [-0.25, -0.2) is 0 Å². The summed E-state index contributed by atoms with van der Waals surface area (Å²) in [5.74, 6) is -0.503. The highest BCUT2D eigenvalue weighted by Crippen LogP contribution is 2.20. The van der Waals surface area contributed by atoms with Crippen molar-refractivity contribution in [2.75, 3.05) is 25.6 Å². The van der Waals surface area contributed by atoms with Crippen LogP contribution < -0.4 is 10.6 Å². The third kappa shape index (κ3) is 6.05. The summed E-state index contributed by atoms with van der Waals surface area (Å²) in [6.45, 7) is 1.14. The van der Waals surface area contributed by atoms with Gasteiger partial charge in [0.05, 0.1) is 0 Å². The predicted octanol–water partition coefficient (Wildman–Crippen LogP) is 4.01. The number of hydrogen-bond acceptors (Lipinski definition) is 3. The number of anilines is 1. The molecule has 2 N–H and O–H groups in total. The largest absolute Gasteiger partial charge is 0.385 e. The van der Waals surface area contributed by atoms with Gasteiger partial charge in [-0.3, -0.25) is 9.59 Å². The highest BCUT2D eigenvalue weighted by molar-refractivity contribution is 6.35. The predicted molar refractivity (Wildman–Crippen MR) is 99.7 cm³/mol. The van der Waals surface area contributed by atoms with Crippen molar-refractivity contribution in [2.45, 2.75) is 6.42 Å². The van der Waals surface area contributed by atoms with Crippen molar-refractivity contribution in [3.05, 3.63) is 63.6 Å². The Bertz CT molecular complexity index is 728. The van der Waals surface area contributed by atoms with E-state index in [-0.39, 0.29) is 11.8 Å². The van der Waals surface area contributed by atoms with E-state index in [2.05, 4.69) is 10.6 Å². The number of ether oxygens (including phenoxy) is 1. The molecule has 0 atom stereocenters. The first kappa shape index (κ1) is 19.2. The van der Waals surface area contributed by atoms with Gasteiger partial charge in [0, 0.05) is 47.1 Å². The molecular formula is C18H18Cl2N2O3. The van der Waals surface area contributed by atoms with Crippen molar-refractivity contribution in [3.8, 4) is 0 Å². The third-order valence-corrected chi connectivity index (χ3v) is 3.78. The molecule has 0 aliphatic carbocycles. The van der Waals surface area contributed by atoms with Crippen molar-refractivity contribution >= 4 is 40.7 Å². The maximum atomic E-state index is 12.2. The van der Waals surface area contributed by atoms with E-state index in [4.69, 9.17) is 27.9 Å². The molecule has 5 nitrogen and oxygen atoms in total. The first-order valence-corrected chi connectivity index (χ1v) is 8.40. The van der Waals surface area contributed by atoms with Crippen LogP contribution in [0.15, 0.2) is 42.5 Å². The van der Waals surface area contributed by atoms with Gasteiger partial charge in [-0.05, 0) is 48.9 Å². The number of benzene rings is 2. The summed E-state index contributed by atoms with van der Waals surface area (Å²) in [5, 5.41) is 6.31. The van der Waals surface area contributed by atoms with Gasteiger partial charge in [0.1, 0.15) is 0 Å². The smallest absolute Gasteiger partial charge is 0.255 e. The van der Waals surface area contributed by atoms with Crippen molar-refractivity contribution in [2.24, 2.45) is 0 Å². The molecule has 0 radical (unpaired) electrons. The monoisotopic (exact) mass is 380 g/mol. The first-order chi connectivity index (χ1) is 12.0.